The Balaban J connectivity index is 2.06. The highest BCUT2D eigenvalue weighted by Crippen LogP contribution is 2.42. The van der Waals surface area contributed by atoms with Crippen LogP contribution in [0.15, 0.2) is 22.6 Å². The normalized spacial score (nSPS) is 18.3. The van der Waals surface area contributed by atoms with Crippen molar-refractivity contribution in [3.05, 3.63) is 29.5 Å². The third kappa shape index (κ3) is 2.12. The number of rotatable bonds is 3. The van der Waals surface area contributed by atoms with Gasteiger partial charge in [0.25, 0.3) is 0 Å². The minimum Gasteiger partial charge on any atom is -0.483 e. The number of hydrogen-bond acceptors (Lipinski definition) is 3. The van der Waals surface area contributed by atoms with E-state index in [0.717, 1.165) is 35.4 Å². The molecule has 102 valence electrons. The highest BCUT2D eigenvalue weighted by atomic mass is 16.5. The van der Waals surface area contributed by atoms with Crippen molar-refractivity contribution in [1.29, 1.82) is 0 Å². The summed E-state index contributed by atoms with van der Waals surface area (Å²) in [4.78, 5) is 0. The summed E-state index contributed by atoms with van der Waals surface area (Å²) in [7, 11) is 0. The molecule has 1 unspecified atom stereocenters. The second-order valence-corrected chi connectivity index (χ2v) is 5.94. The third-order valence-corrected chi connectivity index (χ3v) is 3.67. The Kier molecular flexibility index (Phi) is 2.82. The SMILES string of the molecule is CCNC(C)c1cc2ccc3c(c2o1)OC(C)(C)C3. The van der Waals surface area contributed by atoms with Gasteiger partial charge >= 0.3 is 0 Å². The Hall–Kier alpha value is -1.48. The summed E-state index contributed by atoms with van der Waals surface area (Å²) in [6, 6.07) is 6.62. The minimum atomic E-state index is -0.128. The molecule has 3 nitrogen and oxygen atoms in total. The molecule has 0 radical (unpaired) electrons. The highest BCUT2D eigenvalue weighted by Gasteiger charge is 2.32. The van der Waals surface area contributed by atoms with E-state index in [1.165, 1.54) is 5.56 Å². The van der Waals surface area contributed by atoms with Gasteiger partial charge in [0.15, 0.2) is 11.3 Å². The van der Waals surface area contributed by atoms with Crippen molar-refractivity contribution in [3.63, 3.8) is 0 Å². The Labute approximate surface area is 113 Å². The van der Waals surface area contributed by atoms with Gasteiger partial charge in [0.2, 0.25) is 0 Å². The van der Waals surface area contributed by atoms with Crippen LogP contribution in [0, 0.1) is 0 Å². The molecule has 2 aromatic rings. The molecule has 1 aliphatic heterocycles. The number of fused-ring (bicyclic) bond motifs is 3. The summed E-state index contributed by atoms with van der Waals surface area (Å²) in [6.07, 6.45) is 0.942. The molecule has 0 fully saturated rings. The largest absolute Gasteiger partial charge is 0.483 e. The van der Waals surface area contributed by atoms with Crippen LogP contribution in [0.2, 0.25) is 0 Å². The molecule has 1 N–H and O–H groups in total. The molecule has 1 aromatic carbocycles. The average Bonchev–Trinajstić information content (AvgIpc) is 2.87. The quantitative estimate of drug-likeness (QED) is 0.910. The molecular formula is C16H21NO2. The lowest BCUT2D eigenvalue weighted by molar-refractivity contribution is 0.138. The number of hydrogen-bond donors (Lipinski definition) is 1. The molecule has 0 bridgehead atoms. The van der Waals surface area contributed by atoms with Gasteiger partial charge in [-0.1, -0.05) is 19.1 Å². The molecule has 2 heterocycles. The van der Waals surface area contributed by atoms with Crippen molar-refractivity contribution in [2.75, 3.05) is 6.54 Å². The Bertz CT molecular complexity index is 612. The summed E-state index contributed by atoms with van der Waals surface area (Å²) < 4.78 is 12.1. The van der Waals surface area contributed by atoms with Crippen molar-refractivity contribution in [1.82, 2.24) is 5.32 Å². The van der Waals surface area contributed by atoms with Crippen LogP contribution in [0.3, 0.4) is 0 Å². The monoisotopic (exact) mass is 259 g/mol. The van der Waals surface area contributed by atoms with Gasteiger partial charge in [-0.15, -0.1) is 0 Å². The molecular weight excluding hydrogens is 238 g/mol. The lowest BCUT2D eigenvalue weighted by Gasteiger charge is -2.16. The Morgan fingerprint density at radius 2 is 2.16 bits per heavy atom. The van der Waals surface area contributed by atoms with Gasteiger partial charge in [0.1, 0.15) is 11.4 Å². The van der Waals surface area contributed by atoms with Crippen LogP contribution in [0.1, 0.15) is 45.1 Å². The zero-order valence-corrected chi connectivity index (χ0v) is 12.0. The molecule has 1 aliphatic rings. The van der Waals surface area contributed by atoms with Gasteiger partial charge in [-0.2, -0.15) is 0 Å². The van der Waals surface area contributed by atoms with E-state index in [2.05, 4.69) is 51.2 Å². The molecule has 0 amide bonds. The standard InChI is InChI=1S/C16H21NO2/c1-5-17-10(2)13-8-11-6-7-12-9-16(3,4)19-15(12)14(11)18-13/h6-8,10,17H,5,9H2,1-4H3. The van der Waals surface area contributed by atoms with Crippen molar-refractivity contribution in [2.45, 2.75) is 45.8 Å². The fraction of sp³-hybridized carbons (Fsp3) is 0.500. The predicted molar refractivity (Wildman–Crippen MR) is 76.7 cm³/mol. The predicted octanol–water partition coefficient (Wildman–Crippen LogP) is 3.82. The van der Waals surface area contributed by atoms with Crippen LogP contribution in [-0.2, 0) is 6.42 Å². The maximum Gasteiger partial charge on any atom is 0.176 e. The first-order chi connectivity index (χ1) is 9.00. The van der Waals surface area contributed by atoms with E-state index in [-0.39, 0.29) is 11.6 Å². The molecule has 0 spiro atoms. The van der Waals surface area contributed by atoms with Crippen LogP contribution in [0.4, 0.5) is 0 Å². The van der Waals surface area contributed by atoms with Gasteiger partial charge in [-0.25, -0.2) is 0 Å². The first-order valence-corrected chi connectivity index (χ1v) is 6.98. The van der Waals surface area contributed by atoms with E-state index in [9.17, 15) is 0 Å². The van der Waals surface area contributed by atoms with Crippen molar-refractivity contribution >= 4 is 11.0 Å². The summed E-state index contributed by atoms with van der Waals surface area (Å²) in [6.45, 7) is 9.38. The molecule has 0 saturated carbocycles. The zero-order chi connectivity index (χ0) is 13.6. The highest BCUT2D eigenvalue weighted by molar-refractivity contribution is 5.86. The van der Waals surface area contributed by atoms with Crippen LogP contribution in [0.5, 0.6) is 5.75 Å². The molecule has 3 rings (SSSR count). The van der Waals surface area contributed by atoms with Crippen LogP contribution in [-0.4, -0.2) is 12.1 Å². The molecule has 3 heteroatoms. The van der Waals surface area contributed by atoms with E-state index in [1.54, 1.807) is 0 Å². The van der Waals surface area contributed by atoms with E-state index in [1.807, 2.05) is 0 Å². The number of nitrogens with one attached hydrogen (secondary N) is 1. The maximum absolute atomic E-state index is 6.05. The second kappa shape index (κ2) is 4.27. The van der Waals surface area contributed by atoms with Crippen molar-refractivity contribution in [2.24, 2.45) is 0 Å². The summed E-state index contributed by atoms with van der Waals surface area (Å²) in [5, 5.41) is 4.49. The van der Waals surface area contributed by atoms with Crippen molar-refractivity contribution < 1.29 is 9.15 Å². The van der Waals surface area contributed by atoms with Crippen molar-refractivity contribution in [3.8, 4) is 5.75 Å². The lowest BCUT2D eigenvalue weighted by atomic mass is 10.0. The average molecular weight is 259 g/mol. The Morgan fingerprint density at radius 1 is 1.37 bits per heavy atom. The topological polar surface area (TPSA) is 34.4 Å². The van der Waals surface area contributed by atoms with Gasteiger partial charge in [-0.3, -0.25) is 0 Å². The molecule has 0 saturated heterocycles. The summed E-state index contributed by atoms with van der Waals surface area (Å²) in [5.41, 5.74) is 2.01. The number of furan rings is 1. The second-order valence-electron chi connectivity index (χ2n) is 5.94. The van der Waals surface area contributed by atoms with Gasteiger partial charge in [0, 0.05) is 17.4 Å². The number of ether oxygens (including phenoxy) is 1. The lowest BCUT2D eigenvalue weighted by Crippen LogP contribution is -2.24. The first kappa shape index (κ1) is 12.5. The fourth-order valence-corrected chi connectivity index (χ4v) is 2.78. The van der Waals surface area contributed by atoms with Crippen LogP contribution >= 0.6 is 0 Å². The molecule has 0 aliphatic carbocycles. The Morgan fingerprint density at radius 3 is 2.89 bits per heavy atom. The van der Waals surface area contributed by atoms with Gasteiger partial charge in [-0.05, 0) is 33.4 Å². The van der Waals surface area contributed by atoms with E-state index < -0.39 is 0 Å². The van der Waals surface area contributed by atoms with Gasteiger partial charge < -0.3 is 14.5 Å². The van der Waals surface area contributed by atoms with E-state index in [4.69, 9.17) is 9.15 Å². The van der Waals surface area contributed by atoms with Gasteiger partial charge in [0.05, 0.1) is 6.04 Å². The maximum atomic E-state index is 6.05. The number of benzene rings is 1. The first-order valence-electron chi connectivity index (χ1n) is 6.98. The zero-order valence-electron chi connectivity index (χ0n) is 12.0. The van der Waals surface area contributed by atoms with E-state index >= 15 is 0 Å². The van der Waals surface area contributed by atoms with E-state index in [0.29, 0.717) is 0 Å². The molecule has 1 aromatic heterocycles. The third-order valence-electron chi connectivity index (χ3n) is 3.67. The summed E-state index contributed by atoms with van der Waals surface area (Å²) in [5.74, 6) is 1.90. The fourth-order valence-electron chi connectivity index (χ4n) is 2.78. The molecule has 1 atom stereocenters. The molecule has 19 heavy (non-hydrogen) atoms. The van der Waals surface area contributed by atoms with Crippen LogP contribution < -0.4 is 10.1 Å². The van der Waals surface area contributed by atoms with Crippen LogP contribution in [0.25, 0.3) is 11.0 Å². The minimum absolute atomic E-state index is 0.128. The summed E-state index contributed by atoms with van der Waals surface area (Å²) >= 11 is 0. The smallest absolute Gasteiger partial charge is 0.176 e.